The van der Waals surface area contributed by atoms with Gasteiger partial charge in [-0.15, -0.1) is 0 Å². The number of hydrogen-bond donors (Lipinski definition) is 2. The zero-order valence-electron chi connectivity index (χ0n) is 12.8. The Morgan fingerprint density at radius 3 is 2.57 bits per heavy atom. The summed E-state index contributed by atoms with van der Waals surface area (Å²) < 4.78 is 10.2. The molecule has 1 rings (SSSR count). The molecule has 1 aromatic rings. The number of carbonyl (C=O) groups is 2. The van der Waals surface area contributed by atoms with Crippen LogP contribution in [0.2, 0.25) is 0 Å². The summed E-state index contributed by atoms with van der Waals surface area (Å²) in [6.07, 6.45) is -0.874. The van der Waals surface area contributed by atoms with E-state index in [0.29, 0.717) is 11.4 Å². The number of hydrogen-bond acceptors (Lipinski definition) is 5. The lowest BCUT2D eigenvalue weighted by atomic mass is 10.1. The molecule has 0 saturated carbocycles. The second-order valence-electron chi connectivity index (χ2n) is 5.73. The van der Waals surface area contributed by atoms with E-state index in [-0.39, 0.29) is 18.1 Å². The first-order chi connectivity index (χ1) is 9.67. The minimum absolute atomic E-state index is 0.281. The van der Waals surface area contributed by atoms with E-state index in [0.717, 1.165) is 0 Å². The number of nitrogens with one attached hydrogen (secondary N) is 1. The maximum atomic E-state index is 11.8. The van der Waals surface area contributed by atoms with Crippen molar-refractivity contribution in [3.8, 4) is 5.75 Å². The Labute approximate surface area is 124 Å². The molecule has 0 saturated heterocycles. The Hall–Kier alpha value is -2.24. The van der Waals surface area contributed by atoms with Gasteiger partial charge in [-0.1, -0.05) is 6.07 Å². The topological polar surface area (TPSA) is 90.7 Å². The van der Waals surface area contributed by atoms with Crippen molar-refractivity contribution in [1.82, 2.24) is 5.32 Å². The molecule has 1 aromatic carbocycles. The third-order valence-electron chi connectivity index (χ3n) is 2.39. The number of nitrogens with two attached hydrogens (primary N) is 1. The van der Waals surface area contributed by atoms with Gasteiger partial charge in [-0.3, -0.25) is 4.79 Å². The highest BCUT2D eigenvalue weighted by atomic mass is 16.6. The molecule has 0 bridgehead atoms. The molecule has 0 radical (unpaired) electrons. The second kappa shape index (κ2) is 6.97. The predicted molar refractivity (Wildman–Crippen MR) is 79.8 cm³/mol. The van der Waals surface area contributed by atoms with Crippen molar-refractivity contribution in [3.63, 3.8) is 0 Å². The van der Waals surface area contributed by atoms with E-state index in [1.807, 2.05) is 20.8 Å². The first-order valence-electron chi connectivity index (χ1n) is 6.67. The lowest BCUT2D eigenvalue weighted by Gasteiger charge is -2.23. The Morgan fingerprint density at radius 1 is 1.33 bits per heavy atom. The number of ether oxygens (including phenoxy) is 2. The summed E-state index contributed by atoms with van der Waals surface area (Å²) in [7, 11) is 0. The molecule has 6 heteroatoms. The molecule has 0 aliphatic heterocycles. The average molecular weight is 294 g/mol. The largest absolute Gasteiger partial charge is 0.482 e. The Morgan fingerprint density at radius 2 is 2.00 bits per heavy atom. The van der Waals surface area contributed by atoms with Crippen LogP contribution >= 0.6 is 0 Å². The van der Waals surface area contributed by atoms with Gasteiger partial charge in [0.05, 0.1) is 0 Å². The molecule has 21 heavy (non-hydrogen) atoms. The van der Waals surface area contributed by atoms with Gasteiger partial charge < -0.3 is 20.5 Å². The van der Waals surface area contributed by atoms with Crippen molar-refractivity contribution >= 4 is 17.6 Å². The fraction of sp³-hybridized carbons (Fsp3) is 0.467. The number of carbonyl (C=O) groups excluding carboxylic acids is 2. The number of esters is 1. The molecule has 1 atom stereocenters. The van der Waals surface area contributed by atoms with E-state index in [2.05, 4.69) is 5.32 Å². The Balaban J connectivity index is 2.41. The van der Waals surface area contributed by atoms with Crippen molar-refractivity contribution in [2.75, 3.05) is 12.3 Å². The van der Waals surface area contributed by atoms with Gasteiger partial charge in [-0.25, -0.2) is 4.79 Å². The summed E-state index contributed by atoms with van der Waals surface area (Å²) >= 11 is 0. The molecule has 6 nitrogen and oxygen atoms in total. The molecular formula is C15H22N2O4. The molecule has 116 valence electrons. The van der Waals surface area contributed by atoms with Crippen LogP contribution in [0.5, 0.6) is 5.75 Å². The molecule has 0 spiro atoms. The highest BCUT2D eigenvalue weighted by Crippen LogP contribution is 2.14. The monoisotopic (exact) mass is 294 g/mol. The summed E-state index contributed by atoms with van der Waals surface area (Å²) in [6, 6.07) is 6.71. The van der Waals surface area contributed by atoms with E-state index in [1.54, 1.807) is 24.3 Å². The predicted octanol–water partition coefficient (Wildman–Crippen LogP) is 1.49. The van der Waals surface area contributed by atoms with E-state index < -0.39 is 12.1 Å². The fourth-order valence-corrected chi connectivity index (χ4v) is 1.50. The van der Waals surface area contributed by atoms with Crippen molar-refractivity contribution in [2.24, 2.45) is 0 Å². The van der Waals surface area contributed by atoms with Gasteiger partial charge in [0.15, 0.2) is 12.7 Å². The highest BCUT2D eigenvalue weighted by Gasteiger charge is 2.22. The number of nitrogen functional groups attached to an aromatic ring is 1. The summed E-state index contributed by atoms with van der Waals surface area (Å²) in [5.41, 5.74) is 5.76. The fourth-order valence-electron chi connectivity index (χ4n) is 1.50. The van der Waals surface area contributed by atoms with Gasteiger partial charge in [0.2, 0.25) is 0 Å². The number of amides is 1. The zero-order chi connectivity index (χ0) is 16.0. The molecule has 1 amide bonds. The molecule has 0 aliphatic rings. The SMILES string of the molecule is CC(OC(=O)COc1cccc(N)c1)C(=O)NC(C)(C)C. The van der Waals surface area contributed by atoms with Gasteiger partial charge >= 0.3 is 5.97 Å². The van der Waals surface area contributed by atoms with Crippen LogP contribution in [0.3, 0.4) is 0 Å². The number of rotatable bonds is 5. The van der Waals surface area contributed by atoms with Crippen LogP contribution in [0.1, 0.15) is 27.7 Å². The van der Waals surface area contributed by atoms with Crippen LogP contribution in [0.25, 0.3) is 0 Å². The quantitative estimate of drug-likeness (QED) is 0.634. The molecule has 0 aliphatic carbocycles. The van der Waals surface area contributed by atoms with Crippen LogP contribution in [0.4, 0.5) is 5.69 Å². The molecule has 0 fully saturated rings. The minimum atomic E-state index is -0.874. The van der Waals surface area contributed by atoms with Crippen LogP contribution in [0, 0.1) is 0 Å². The lowest BCUT2D eigenvalue weighted by molar-refractivity contribution is -0.157. The smallest absolute Gasteiger partial charge is 0.344 e. The highest BCUT2D eigenvalue weighted by molar-refractivity contribution is 5.84. The Bertz CT molecular complexity index is 509. The van der Waals surface area contributed by atoms with Crippen LogP contribution in [-0.2, 0) is 14.3 Å². The van der Waals surface area contributed by atoms with Gasteiger partial charge in [-0.2, -0.15) is 0 Å². The molecule has 1 unspecified atom stereocenters. The average Bonchev–Trinajstić information content (AvgIpc) is 2.34. The standard InChI is InChI=1S/C15H22N2O4/c1-10(14(19)17-15(2,3)4)21-13(18)9-20-12-7-5-6-11(16)8-12/h5-8,10H,9,16H2,1-4H3,(H,17,19). The van der Waals surface area contributed by atoms with Gasteiger partial charge in [0.1, 0.15) is 5.75 Å². The van der Waals surface area contributed by atoms with Crippen molar-refractivity contribution < 1.29 is 19.1 Å². The van der Waals surface area contributed by atoms with E-state index in [9.17, 15) is 9.59 Å². The van der Waals surface area contributed by atoms with Gasteiger partial charge in [0.25, 0.3) is 5.91 Å². The zero-order valence-corrected chi connectivity index (χ0v) is 12.8. The minimum Gasteiger partial charge on any atom is -0.482 e. The lowest BCUT2D eigenvalue weighted by Crippen LogP contribution is -2.46. The summed E-state index contributed by atoms with van der Waals surface area (Å²) in [4.78, 5) is 23.4. The maximum Gasteiger partial charge on any atom is 0.344 e. The van der Waals surface area contributed by atoms with Crippen LogP contribution in [-0.4, -0.2) is 30.1 Å². The second-order valence-corrected chi connectivity index (χ2v) is 5.73. The Kier molecular flexibility index (Phi) is 5.58. The summed E-state index contributed by atoms with van der Waals surface area (Å²) in [6.45, 7) is 6.78. The summed E-state index contributed by atoms with van der Waals surface area (Å²) in [5, 5.41) is 2.73. The molecular weight excluding hydrogens is 272 g/mol. The normalized spacial score (nSPS) is 12.4. The van der Waals surface area contributed by atoms with Crippen molar-refractivity contribution in [3.05, 3.63) is 24.3 Å². The van der Waals surface area contributed by atoms with Crippen molar-refractivity contribution in [1.29, 1.82) is 0 Å². The number of anilines is 1. The van der Waals surface area contributed by atoms with Gasteiger partial charge in [0, 0.05) is 17.3 Å². The molecule has 0 heterocycles. The van der Waals surface area contributed by atoms with Crippen LogP contribution < -0.4 is 15.8 Å². The van der Waals surface area contributed by atoms with Crippen LogP contribution in [0.15, 0.2) is 24.3 Å². The van der Waals surface area contributed by atoms with E-state index in [1.165, 1.54) is 6.92 Å². The molecule has 3 N–H and O–H groups in total. The van der Waals surface area contributed by atoms with E-state index >= 15 is 0 Å². The molecule has 0 aromatic heterocycles. The van der Waals surface area contributed by atoms with Crippen molar-refractivity contribution in [2.45, 2.75) is 39.3 Å². The first kappa shape index (κ1) is 16.8. The maximum absolute atomic E-state index is 11.8. The number of benzene rings is 1. The third kappa shape index (κ3) is 6.65. The summed E-state index contributed by atoms with van der Waals surface area (Å²) in [5.74, 6) is -0.493. The first-order valence-corrected chi connectivity index (χ1v) is 6.67. The third-order valence-corrected chi connectivity index (χ3v) is 2.39. The van der Waals surface area contributed by atoms with E-state index in [4.69, 9.17) is 15.2 Å². The van der Waals surface area contributed by atoms with Gasteiger partial charge in [-0.05, 0) is 39.8 Å².